The first-order chi connectivity index (χ1) is 1.73. The van der Waals surface area contributed by atoms with Gasteiger partial charge in [-0.15, -0.1) is 0 Å². The molecule has 1 atom stereocenters. The molecular formula is HClNaO3S-. The quantitative estimate of drug-likeness (QED) is 0.202. The van der Waals surface area contributed by atoms with Gasteiger partial charge >= 0.3 is 29.6 Å². The van der Waals surface area contributed by atoms with Crippen LogP contribution < -0.4 is 29.6 Å². The fourth-order valence-corrected chi connectivity index (χ4v) is 0. The predicted molar refractivity (Wildman–Crippen MR) is 16.7 cm³/mol. The summed E-state index contributed by atoms with van der Waals surface area (Å²) in [7, 11) is 1.80. The van der Waals surface area contributed by atoms with E-state index in [-0.39, 0.29) is 35.0 Å². The molecule has 0 heterocycles. The third-order valence-electron chi connectivity index (χ3n) is 0. The molecule has 3 nitrogen and oxygen atoms in total. The van der Waals surface area contributed by atoms with Crippen LogP contribution in [0.3, 0.4) is 0 Å². The van der Waals surface area contributed by atoms with Gasteiger partial charge in [0.05, 0.1) is 0 Å². The zero-order valence-corrected chi connectivity index (χ0v) is 6.62. The van der Waals surface area contributed by atoms with Crippen LogP contribution in [0.2, 0.25) is 0 Å². The second-order valence-electron chi connectivity index (χ2n) is 0.194. The average Bonchev–Trinajstić information content (AvgIpc) is 0.811. The van der Waals surface area contributed by atoms with E-state index in [9.17, 15) is 0 Å². The largest absolute Gasteiger partial charge is 1.00 e. The van der Waals surface area contributed by atoms with Crippen molar-refractivity contribution in [2.75, 3.05) is 0 Å². The van der Waals surface area contributed by atoms with E-state index < -0.39 is 10.3 Å². The van der Waals surface area contributed by atoms with Gasteiger partial charge in [-0.1, -0.05) is 0 Å². The van der Waals surface area contributed by atoms with Crippen molar-refractivity contribution in [2.45, 2.75) is 0 Å². The Morgan fingerprint density at radius 2 is 1.67 bits per heavy atom. The van der Waals surface area contributed by atoms with Crippen LogP contribution in [0.4, 0.5) is 0 Å². The summed E-state index contributed by atoms with van der Waals surface area (Å²) in [5.74, 6) is 0. The Labute approximate surface area is 64.5 Å². The molecule has 0 amide bonds. The second kappa shape index (κ2) is 9.61. The van der Waals surface area contributed by atoms with Crippen molar-refractivity contribution < 1.29 is 43.8 Å². The zero-order valence-electron chi connectivity index (χ0n) is 3.05. The topological polar surface area (TPSA) is 70.1 Å². The summed E-state index contributed by atoms with van der Waals surface area (Å²) < 4.78 is 17.5. The van der Waals surface area contributed by atoms with Crippen molar-refractivity contribution in [2.24, 2.45) is 0 Å². The molecule has 6 heavy (non-hydrogen) atoms. The standard InChI is InChI=1S/ClHO2S.Na.H2O/c1-4(2)3;;/h(H,2,3);;1H2/q;+1;/p-2. The molecule has 0 saturated carbocycles. The first-order valence-electron chi connectivity index (χ1n) is 0.488. The molecule has 0 aliphatic rings. The minimum atomic E-state index is -2.39. The molecule has 0 bridgehead atoms. The Morgan fingerprint density at radius 3 is 1.67 bits per heavy atom. The molecule has 0 saturated heterocycles. The molecule has 0 aliphatic heterocycles. The van der Waals surface area contributed by atoms with Gasteiger partial charge in [-0.25, -0.2) is 0 Å². The van der Waals surface area contributed by atoms with E-state index in [1.165, 1.54) is 0 Å². The molecule has 0 aliphatic carbocycles. The van der Waals surface area contributed by atoms with E-state index in [4.69, 9.17) is 8.76 Å². The van der Waals surface area contributed by atoms with E-state index in [2.05, 4.69) is 10.7 Å². The van der Waals surface area contributed by atoms with Crippen LogP contribution in [0.25, 0.3) is 0 Å². The third kappa shape index (κ3) is 55.1. The summed E-state index contributed by atoms with van der Waals surface area (Å²) in [5.41, 5.74) is 0. The monoisotopic (exact) mass is 139 g/mol. The van der Waals surface area contributed by atoms with Gasteiger partial charge in [0, 0.05) is 10.3 Å². The molecule has 1 unspecified atom stereocenters. The second-order valence-corrected chi connectivity index (χ2v) is 1.34. The SMILES string of the molecule is O=S([O-])Cl.[Na+].[OH-]. The van der Waals surface area contributed by atoms with Crippen LogP contribution in [0.1, 0.15) is 0 Å². The van der Waals surface area contributed by atoms with Gasteiger partial charge in [-0.3, -0.25) is 4.21 Å². The fraction of sp³-hybridized carbons (Fsp3) is 0. The van der Waals surface area contributed by atoms with Crippen LogP contribution in [0.15, 0.2) is 0 Å². The van der Waals surface area contributed by atoms with Gasteiger partial charge in [0.2, 0.25) is 0 Å². The van der Waals surface area contributed by atoms with Gasteiger partial charge in [-0.2, -0.15) is 0 Å². The normalized spacial score (nSPS) is 10.3. The van der Waals surface area contributed by atoms with Crippen molar-refractivity contribution >= 4 is 21.0 Å². The summed E-state index contributed by atoms with van der Waals surface area (Å²) in [6.07, 6.45) is 0. The Balaban J connectivity index is -0.0000000450. The predicted octanol–water partition coefficient (Wildman–Crippen LogP) is -3.15. The van der Waals surface area contributed by atoms with E-state index >= 15 is 0 Å². The molecule has 0 aromatic heterocycles. The first-order valence-corrected chi connectivity index (χ1v) is 2.39. The maximum absolute atomic E-state index is 8.77. The van der Waals surface area contributed by atoms with Gasteiger partial charge in [0.1, 0.15) is 0 Å². The van der Waals surface area contributed by atoms with Crippen molar-refractivity contribution in [3.05, 3.63) is 0 Å². The Morgan fingerprint density at radius 1 is 1.67 bits per heavy atom. The molecular weight excluding hydrogens is 139 g/mol. The molecule has 0 radical (unpaired) electrons. The van der Waals surface area contributed by atoms with E-state index in [0.29, 0.717) is 0 Å². The molecule has 0 spiro atoms. The number of hydrogen-bond acceptors (Lipinski definition) is 3. The average molecular weight is 140 g/mol. The molecule has 0 fully saturated rings. The maximum atomic E-state index is 8.77. The molecule has 0 rings (SSSR count). The van der Waals surface area contributed by atoms with Crippen molar-refractivity contribution in [3.63, 3.8) is 0 Å². The summed E-state index contributed by atoms with van der Waals surface area (Å²) >= 11 is 0. The Hall–Kier alpha value is 1.36. The van der Waals surface area contributed by atoms with Crippen LogP contribution >= 0.6 is 10.7 Å². The molecule has 1 N–H and O–H groups in total. The van der Waals surface area contributed by atoms with Crippen LogP contribution in [0.5, 0.6) is 0 Å². The smallest absolute Gasteiger partial charge is 0.870 e. The number of halogens is 1. The Kier molecular flexibility index (Phi) is 25.1. The van der Waals surface area contributed by atoms with Crippen LogP contribution in [-0.2, 0) is 10.3 Å². The van der Waals surface area contributed by atoms with Crippen molar-refractivity contribution in [1.29, 1.82) is 0 Å². The Bertz CT molecular complexity index is 33.8. The van der Waals surface area contributed by atoms with E-state index in [0.717, 1.165) is 0 Å². The van der Waals surface area contributed by atoms with Gasteiger partial charge in [0.25, 0.3) is 0 Å². The molecule has 6 heteroatoms. The number of rotatable bonds is 0. The molecule has 34 valence electrons. The van der Waals surface area contributed by atoms with Gasteiger partial charge in [-0.05, 0) is 10.7 Å². The first kappa shape index (κ1) is 15.7. The van der Waals surface area contributed by atoms with Crippen molar-refractivity contribution in [1.82, 2.24) is 0 Å². The summed E-state index contributed by atoms with van der Waals surface area (Å²) in [6, 6.07) is 0. The van der Waals surface area contributed by atoms with Gasteiger partial charge in [0.15, 0.2) is 0 Å². The zero-order chi connectivity index (χ0) is 3.58. The third-order valence-corrected chi connectivity index (χ3v) is 0. The molecule has 0 aromatic rings. The van der Waals surface area contributed by atoms with E-state index in [1.807, 2.05) is 0 Å². The summed E-state index contributed by atoms with van der Waals surface area (Å²) in [4.78, 5) is 0. The summed E-state index contributed by atoms with van der Waals surface area (Å²) in [5, 5.41) is 0. The summed E-state index contributed by atoms with van der Waals surface area (Å²) in [6.45, 7) is 0. The van der Waals surface area contributed by atoms with E-state index in [1.54, 1.807) is 0 Å². The van der Waals surface area contributed by atoms with Crippen LogP contribution in [-0.4, -0.2) is 14.2 Å². The maximum Gasteiger partial charge on any atom is 1.00 e. The minimum absolute atomic E-state index is 0. The fourth-order valence-electron chi connectivity index (χ4n) is 0. The van der Waals surface area contributed by atoms with Crippen LogP contribution in [0, 0.1) is 0 Å². The van der Waals surface area contributed by atoms with Crippen molar-refractivity contribution in [3.8, 4) is 0 Å². The molecule has 0 aromatic carbocycles. The van der Waals surface area contributed by atoms with Gasteiger partial charge < -0.3 is 10.0 Å². The number of hydrogen-bond donors (Lipinski definition) is 0. The minimum Gasteiger partial charge on any atom is -0.870 e.